The largest absolute Gasteiger partial charge is 0.374 e. The second kappa shape index (κ2) is 6.27. The van der Waals surface area contributed by atoms with Crippen LogP contribution in [0.2, 0.25) is 0 Å². The minimum absolute atomic E-state index is 0.397. The van der Waals surface area contributed by atoms with Crippen molar-refractivity contribution in [2.75, 3.05) is 39.4 Å². The van der Waals surface area contributed by atoms with Gasteiger partial charge in [-0.2, -0.15) is 0 Å². The van der Waals surface area contributed by atoms with E-state index in [1.54, 1.807) is 0 Å². The molecule has 0 saturated carbocycles. The molecule has 1 atom stereocenters. The summed E-state index contributed by atoms with van der Waals surface area (Å²) in [5.41, 5.74) is 0. The van der Waals surface area contributed by atoms with E-state index in [1.165, 1.54) is 0 Å². The minimum atomic E-state index is -2.35. The van der Waals surface area contributed by atoms with Gasteiger partial charge < -0.3 is 10.1 Å². The first-order valence-electron chi connectivity index (χ1n) is 5.01. The number of alkyl halides is 2. The van der Waals surface area contributed by atoms with Crippen LogP contribution in [0.5, 0.6) is 0 Å². The van der Waals surface area contributed by atoms with Crippen LogP contribution in [0.3, 0.4) is 0 Å². The number of ether oxygens (including phenoxy) is 1. The summed E-state index contributed by atoms with van der Waals surface area (Å²) in [6, 6.07) is 0.471. The molecule has 1 heterocycles. The lowest BCUT2D eigenvalue weighted by molar-refractivity contribution is 0.00487. The number of hydrogen-bond acceptors (Lipinski definition) is 3. The van der Waals surface area contributed by atoms with Gasteiger partial charge in [-0.15, -0.1) is 0 Å². The molecule has 1 fully saturated rings. The predicted molar refractivity (Wildman–Crippen MR) is 50.7 cm³/mol. The fourth-order valence-corrected chi connectivity index (χ4v) is 1.57. The topological polar surface area (TPSA) is 24.5 Å². The Kier molecular flexibility index (Phi) is 5.29. The van der Waals surface area contributed by atoms with Gasteiger partial charge in [0, 0.05) is 32.2 Å². The number of rotatable bonds is 5. The van der Waals surface area contributed by atoms with Gasteiger partial charge in [-0.3, -0.25) is 4.90 Å². The summed E-state index contributed by atoms with van der Waals surface area (Å²) in [6.45, 7) is 5.73. The summed E-state index contributed by atoms with van der Waals surface area (Å²) in [5, 5.41) is 3.27. The highest BCUT2D eigenvalue weighted by molar-refractivity contribution is 4.75. The van der Waals surface area contributed by atoms with E-state index in [4.69, 9.17) is 4.74 Å². The fraction of sp³-hybridized carbons (Fsp3) is 1.00. The molecule has 84 valence electrons. The summed E-state index contributed by atoms with van der Waals surface area (Å²) < 4.78 is 28.3. The molecule has 0 aliphatic carbocycles. The Hall–Kier alpha value is -0.260. The molecule has 14 heavy (non-hydrogen) atoms. The molecular weight excluding hydrogens is 190 g/mol. The third-order valence-electron chi connectivity index (χ3n) is 2.41. The Morgan fingerprint density at radius 3 is 3.00 bits per heavy atom. The van der Waals surface area contributed by atoms with Gasteiger partial charge >= 0.3 is 0 Å². The maximum absolute atomic E-state index is 11.7. The van der Waals surface area contributed by atoms with Gasteiger partial charge in [-0.1, -0.05) is 0 Å². The SMILES string of the molecule is C[C@H]1CNCCN1CCOCC(F)F. The molecule has 1 aliphatic rings. The van der Waals surface area contributed by atoms with Crippen LogP contribution >= 0.6 is 0 Å². The maximum atomic E-state index is 11.7. The fourth-order valence-electron chi connectivity index (χ4n) is 1.57. The van der Waals surface area contributed by atoms with Crippen LogP contribution in [0.4, 0.5) is 8.78 Å². The van der Waals surface area contributed by atoms with Crippen molar-refractivity contribution in [2.24, 2.45) is 0 Å². The summed E-state index contributed by atoms with van der Waals surface area (Å²) >= 11 is 0. The van der Waals surface area contributed by atoms with Gasteiger partial charge in [0.15, 0.2) is 0 Å². The van der Waals surface area contributed by atoms with Crippen molar-refractivity contribution in [3.8, 4) is 0 Å². The number of piperazine rings is 1. The summed E-state index contributed by atoms with van der Waals surface area (Å²) in [5.74, 6) is 0. The average molecular weight is 208 g/mol. The van der Waals surface area contributed by atoms with Crippen molar-refractivity contribution in [3.05, 3.63) is 0 Å². The third kappa shape index (κ3) is 4.30. The maximum Gasteiger partial charge on any atom is 0.261 e. The normalized spacial score (nSPS) is 24.4. The van der Waals surface area contributed by atoms with Crippen LogP contribution in [-0.4, -0.2) is 56.8 Å². The van der Waals surface area contributed by atoms with E-state index in [9.17, 15) is 8.78 Å². The molecule has 5 heteroatoms. The van der Waals surface area contributed by atoms with Gasteiger partial charge in [0.1, 0.15) is 6.61 Å². The molecule has 1 N–H and O–H groups in total. The van der Waals surface area contributed by atoms with Gasteiger partial charge in [0.2, 0.25) is 0 Å². The van der Waals surface area contributed by atoms with Gasteiger partial charge in [0.05, 0.1) is 6.61 Å². The van der Waals surface area contributed by atoms with E-state index in [-0.39, 0.29) is 0 Å². The van der Waals surface area contributed by atoms with Crippen LogP contribution in [0.1, 0.15) is 6.92 Å². The Labute approximate surface area is 83.4 Å². The summed E-state index contributed by atoms with van der Waals surface area (Å²) in [6.07, 6.45) is -2.35. The zero-order valence-corrected chi connectivity index (χ0v) is 8.51. The zero-order valence-electron chi connectivity index (χ0n) is 8.51. The molecule has 0 aromatic carbocycles. The molecule has 3 nitrogen and oxygen atoms in total. The van der Waals surface area contributed by atoms with E-state index >= 15 is 0 Å². The minimum Gasteiger partial charge on any atom is -0.374 e. The van der Waals surface area contributed by atoms with Gasteiger partial charge in [-0.05, 0) is 6.92 Å². The van der Waals surface area contributed by atoms with Gasteiger partial charge in [-0.25, -0.2) is 8.78 Å². The summed E-state index contributed by atoms with van der Waals surface area (Å²) in [7, 11) is 0. The Morgan fingerprint density at radius 1 is 1.57 bits per heavy atom. The van der Waals surface area contributed by atoms with E-state index < -0.39 is 13.0 Å². The van der Waals surface area contributed by atoms with Gasteiger partial charge in [0.25, 0.3) is 6.43 Å². The highest BCUT2D eigenvalue weighted by Gasteiger charge is 2.16. The molecule has 0 bridgehead atoms. The molecule has 1 saturated heterocycles. The van der Waals surface area contributed by atoms with Crippen molar-refractivity contribution < 1.29 is 13.5 Å². The standard InChI is InChI=1S/C9H18F2N2O/c1-8-6-12-2-3-13(8)4-5-14-7-9(10)11/h8-9,12H,2-7H2,1H3/t8-/m0/s1. The van der Waals surface area contributed by atoms with Crippen molar-refractivity contribution in [1.29, 1.82) is 0 Å². The van der Waals surface area contributed by atoms with E-state index in [0.29, 0.717) is 12.6 Å². The molecule has 1 aliphatic heterocycles. The lowest BCUT2D eigenvalue weighted by Crippen LogP contribution is -2.50. The van der Waals surface area contributed by atoms with E-state index in [1.807, 2.05) is 0 Å². The van der Waals surface area contributed by atoms with Crippen LogP contribution < -0.4 is 5.32 Å². The monoisotopic (exact) mass is 208 g/mol. The van der Waals surface area contributed by atoms with E-state index in [0.717, 1.165) is 26.2 Å². The molecule has 0 amide bonds. The van der Waals surface area contributed by atoms with Crippen LogP contribution in [0.25, 0.3) is 0 Å². The van der Waals surface area contributed by atoms with Crippen molar-refractivity contribution in [2.45, 2.75) is 19.4 Å². The van der Waals surface area contributed by atoms with E-state index in [2.05, 4.69) is 17.1 Å². The second-order valence-electron chi connectivity index (χ2n) is 3.56. The number of halogens is 2. The van der Waals surface area contributed by atoms with Crippen molar-refractivity contribution in [3.63, 3.8) is 0 Å². The Balaban J connectivity index is 2.04. The smallest absolute Gasteiger partial charge is 0.261 e. The van der Waals surface area contributed by atoms with Crippen LogP contribution in [-0.2, 0) is 4.74 Å². The lowest BCUT2D eigenvalue weighted by atomic mass is 10.2. The van der Waals surface area contributed by atoms with Crippen molar-refractivity contribution >= 4 is 0 Å². The van der Waals surface area contributed by atoms with Crippen LogP contribution in [0, 0.1) is 0 Å². The first-order chi connectivity index (χ1) is 6.70. The first-order valence-corrected chi connectivity index (χ1v) is 5.01. The molecule has 0 radical (unpaired) electrons. The Bertz CT molecular complexity index is 158. The number of nitrogens with one attached hydrogen (secondary N) is 1. The predicted octanol–water partition coefficient (Wildman–Crippen LogP) is 0.562. The first kappa shape index (κ1) is 11.8. The molecule has 0 aromatic rings. The van der Waals surface area contributed by atoms with Crippen LogP contribution in [0.15, 0.2) is 0 Å². The Morgan fingerprint density at radius 2 is 2.36 bits per heavy atom. The zero-order chi connectivity index (χ0) is 10.4. The lowest BCUT2D eigenvalue weighted by Gasteiger charge is -2.33. The average Bonchev–Trinajstić information content (AvgIpc) is 2.15. The number of hydrogen-bond donors (Lipinski definition) is 1. The quantitative estimate of drug-likeness (QED) is 0.668. The highest BCUT2D eigenvalue weighted by Crippen LogP contribution is 2.01. The van der Waals surface area contributed by atoms with Crippen molar-refractivity contribution in [1.82, 2.24) is 10.2 Å². The molecule has 0 unspecified atom stereocenters. The summed E-state index contributed by atoms with van der Waals surface area (Å²) in [4.78, 5) is 2.25. The highest BCUT2D eigenvalue weighted by atomic mass is 19.3. The second-order valence-corrected chi connectivity index (χ2v) is 3.56. The molecule has 1 rings (SSSR count). The molecular formula is C9H18F2N2O. The third-order valence-corrected chi connectivity index (χ3v) is 2.41. The molecule has 0 spiro atoms. The molecule has 0 aromatic heterocycles. The number of nitrogens with zero attached hydrogens (tertiary/aromatic N) is 1.